The predicted molar refractivity (Wildman–Crippen MR) is 59.3 cm³/mol. The third-order valence-corrected chi connectivity index (χ3v) is 2.18. The van der Waals surface area contributed by atoms with Gasteiger partial charge in [0.15, 0.2) is 6.79 Å². The lowest BCUT2D eigenvalue weighted by atomic mass is 10.2. The van der Waals surface area contributed by atoms with Gasteiger partial charge in [0.05, 0.1) is 5.52 Å². The van der Waals surface area contributed by atoms with Crippen molar-refractivity contribution in [2.75, 3.05) is 13.9 Å². The van der Waals surface area contributed by atoms with E-state index in [0.29, 0.717) is 5.15 Å². The highest BCUT2D eigenvalue weighted by atomic mass is 35.5. The van der Waals surface area contributed by atoms with Gasteiger partial charge in [0.25, 0.3) is 0 Å². The van der Waals surface area contributed by atoms with Crippen molar-refractivity contribution in [1.29, 1.82) is 0 Å². The van der Waals surface area contributed by atoms with Crippen LogP contribution in [0.2, 0.25) is 5.15 Å². The van der Waals surface area contributed by atoms with Crippen molar-refractivity contribution in [2.45, 2.75) is 0 Å². The normalized spacial score (nSPS) is 10.5. The highest BCUT2D eigenvalue weighted by Gasteiger charge is 1.99. The molecule has 0 radical (unpaired) electrons. The second-order valence-corrected chi connectivity index (χ2v) is 3.43. The molecular formula is C11H10ClNO2. The van der Waals surface area contributed by atoms with Crippen LogP contribution in [0.1, 0.15) is 0 Å². The monoisotopic (exact) mass is 223 g/mol. The fraction of sp³-hybridized carbons (Fsp3) is 0.182. The first-order valence-electron chi connectivity index (χ1n) is 4.47. The standard InChI is InChI=1S/C11H10ClNO2/c1-14-7-15-9-3-4-10-8(6-9)2-5-11(12)13-10/h2-6H,7H2,1H3. The fourth-order valence-corrected chi connectivity index (χ4v) is 1.45. The minimum Gasteiger partial charge on any atom is -0.468 e. The van der Waals surface area contributed by atoms with Crippen LogP contribution >= 0.6 is 11.6 Å². The molecule has 0 saturated heterocycles. The highest BCUT2D eigenvalue weighted by molar-refractivity contribution is 6.29. The number of halogens is 1. The first kappa shape index (κ1) is 10.2. The number of methoxy groups -OCH3 is 1. The molecule has 2 rings (SSSR count). The van der Waals surface area contributed by atoms with Crippen molar-refractivity contribution >= 4 is 22.5 Å². The number of hydrogen-bond acceptors (Lipinski definition) is 3. The number of pyridine rings is 1. The van der Waals surface area contributed by atoms with Crippen LogP contribution in [0, 0.1) is 0 Å². The lowest BCUT2D eigenvalue weighted by Gasteiger charge is -2.05. The summed E-state index contributed by atoms with van der Waals surface area (Å²) in [7, 11) is 1.59. The van der Waals surface area contributed by atoms with Crippen LogP contribution in [0.15, 0.2) is 30.3 Å². The van der Waals surface area contributed by atoms with Gasteiger partial charge in [-0.2, -0.15) is 0 Å². The third-order valence-electron chi connectivity index (χ3n) is 1.97. The van der Waals surface area contributed by atoms with E-state index in [1.165, 1.54) is 0 Å². The Morgan fingerprint density at radius 1 is 1.27 bits per heavy atom. The Kier molecular flexibility index (Phi) is 3.04. The summed E-state index contributed by atoms with van der Waals surface area (Å²) in [6.45, 7) is 0.243. The van der Waals surface area contributed by atoms with Crippen LogP contribution in [0.4, 0.5) is 0 Å². The molecule has 0 amide bonds. The van der Waals surface area contributed by atoms with E-state index in [0.717, 1.165) is 16.7 Å². The van der Waals surface area contributed by atoms with E-state index in [2.05, 4.69) is 4.98 Å². The first-order valence-corrected chi connectivity index (χ1v) is 4.85. The van der Waals surface area contributed by atoms with Gasteiger partial charge in [-0.25, -0.2) is 4.98 Å². The summed E-state index contributed by atoms with van der Waals surface area (Å²) in [6.07, 6.45) is 0. The van der Waals surface area contributed by atoms with Gasteiger partial charge in [-0.1, -0.05) is 11.6 Å². The predicted octanol–water partition coefficient (Wildman–Crippen LogP) is 2.87. The van der Waals surface area contributed by atoms with Gasteiger partial charge in [-0.15, -0.1) is 0 Å². The zero-order valence-electron chi connectivity index (χ0n) is 8.24. The Balaban J connectivity index is 2.34. The van der Waals surface area contributed by atoms with Crippen LogP contribution in [-0.4, -0.2) is 18.9 Å². The summed E-state index contributed by atoms with van der Waals surface area (Å²) in [5.41, 5.74) is 0.854. The van der Waals surface area contributed by atoms with Crippen molar-refractivity contribution in [3.8, 4) is 5.75 Å². The molecule has 1 heterocycles. The molecule has 0 atom stereocenters. The molecule has 78 valence electrons. The van der Waals surface area contributed by atoms with E-state index in [1.54, 1.807) is 13.2 Å². The minimum absolute atomic E-state index is 0.243. The average molecular weight is 224 g/mol. The molecule has 0 fully saturated rings. The van der Waals surface area contributed by atoms with E-state index >= 15 is 0 Å². The molecule has 0 unspecified atom stereocenters. The zero-order chi connectivity index (χ0) is 10.7. The van der Waals surface area contributed by atoms with Crippen molar-refractivity contribution < 1.29 is 9.47 Å². The Morgan fingerprint density at radius 3 is 2.93 bits per heavy atom. The van der Waals surface area contributed by atoms with Crippen molar-refractivity contribution in [1.82, 2.24) is 4.98 Å². The maximum absolute atomic E-state index is 5.78. The number of hydrogen-bond donors (Lipinski definition) is 0. The molecular weight excluding hydrogens is 214 g/mol. The van der Waals surface area contributed by atoms with Crippen molar-refractivity contribution in [3.63, 3.8) is 0 Å². The summed E-state index contributed by atoms with van der Waals surface area (Å²) in [5, 5.41) is 1.49. The molecule has 0 spiro atoms. The summed E-state index contributed by atoms with van der Waals surface area (Å²) >= 11 is 5.78. The van der Waals surface area contributed by atoms with Crippen LogP contribution in [0.25, 0.3) is 10.9 Å². The molecule has 1 aromatic carbocycles. The van der Waals surface area contributed by atoms with E-state index in [9.17, 15) is 0 Å². The van der Waals surface area contributed by atoms with Crippen molar-refractivity contribution in [2.24, 2.45) is 0 Å². The minimum atomic E-state index is 0.243. The summed E-state index contributed by atoms with van der Waals surface area (Å²) in [4.78, 5) is 4.18. The molecule has 15 heavy (non-hydrogen) atoms. The first-order chi connectivity index (χ1) is 7.29. The van der Waals surface area contributed by atoms with E-state index < -0.39 is 0 Å². The second kappa shape index (κ2) is 4.47. The van der Waals surface area contributed by atoms with Crippen molar-refractivity contribution in [3.05, 3.63) is 35.5 Å². The number of fused-ring (bicyclic) bond motifs is 1. The zero-order valence-corrected chi connectivity index (χ0v) is 8.99. The SMILES string of the molecule is COCOc1ccc2nc(Cl)ccc2c1. The number of benzene rings is 1. The molecule has 0 aliphatic rings. The largest absolute Gasteiger partial charge is 0.468 e. The van der Waals surface area contributed by atoms with Gasteiger partial charge in [0.1, 0.15) is 10.9 Å². The van der Waals surface area contributed by atoms with E-state index in [-0.39, 0.29) is 6.79 Å². The van der Waals surface area contributed by atoms with Crippen LogP contribution < -0.4 is 4.74 Å². The van der Waals surface area contributed by atoms with Gasteiger partial charge in [0.2, 0.25) is 0 Å². The quantitative estimate of drug-likeness (QED) is 0.592. The molecule has 2 aromatic rings. The smallest absolute Gasteiger partial charge is 0.188 e. The molecule has 0 N–H and O–H groups in total. The highest BCUT2D eigenvalue weighted by Crippen LogP contribution is 2.21. The summed E-state index contributed by atoms with van der Waals surface area (Å²) < 4.78 is 10.1. The molecule has 0 aliphatic carbocycles. The number of nitrogens with zero attached hydrogens (tertiary/aromatic N) is 1. The molecule has 1 aromatic heterocycles. The fourth-order valence-electron chi connectivity index (χ4n) is 1.30. The van der Waals surface area contributed by atoms with Gasteiger partial charge in [0, 0.05) is 12.5 Å². The molecule has 0 saturated carbocycles. The van der Waals surface area contributed by atoms with Gasteiger partial charge in [-0.3, -0.25) is 0 Å². The van der Waals surface area contributed by atoms with E-state index in [1.807, 2.05) is 24.3 Å². The summed E-state index contributed by atoms with van der Waals surface area (Å²) in [5.74, 6) is 0.758. The van der Waals surface area contributed by atoms with Crippen LogP contribution in [0.5, 0.6) is 5.75 Å². The number of rotatable bonds is 3. The Morgan fingerprint density at radius 2 is 2.13 bits per heavy atom. The molecule has 0 aliphatic heterocycles. The molecule has 0 bridgehead atoms. The van der Waals surface area contributed by atoms with E-state index in [4.69, 9.17) is 21.1 Å². The lowest BCUT2D eigenvalue weighted by molar-refractivity contribution is 0.0512. The van der Waals surface area contributed by atoms with Gasteiger partial charge >= 0.3 is 0 Å². The molecule has 3 nitrogen and oxygen atoms in total. The average Bonchev–Trinajstić information content (AvgIpc) is 2.26. The van der Waals surface area contributed by atoms with Crippen LogP contribution in [-0.2, 0) is 4.74 Å². The topological polar surface area (TPSA) is 31.4 Å². The Hall–Kier alpha value is -1.32. The van der Waals surface area contributed by atoms with Crippen LogP contribution in [0.3, 0.4) is 0 Å². The third kappa shape index (κ3) is 2.37. The maximum Gasteiger partial charge on any atom is 0.188 e. The van der Waals surface area contributed by atoms with Gasteiger partial charge < -0.3 is 9.47 Å². The number of aromatic nitrogens is 1. The Labute approximate surface area is 92.6 Å². The number of ether oxygens (including phenoxy) is 2. The molecule has 4 heteroatoms. The van der Waals surface area contributed by atoms with Gasteiger partial charge in [-0.05, 0) is 30.3 Å². The second-order valence-electron chi connectivity index (χ2n) is 3.04. The maximum atomic E-state index is 5.78. The summed E-state index contributed by atoms with van der Waals surface area (Å²) in [6, 6.07) is 9.27. The Bertz CT molecular complexity index is 473. The lowest BCUT2D eigenvalue weighted by Crippen LogP contribution is -1.98.